The van der Waals surface area contributed by atoms with E-state index in [0.29, 0.717) is 5.75 Å². The molecule has 0 radical (unpaired) electrons. The standard InChI is InChI=1S/C10H11ClO4/c1-5-3-6(9(12)10(13)14)8(11)7(4-5)15-2/h3-4,9,12H,1-2H3,(H,13,14). The molecular formula is C10H11ClO4. The molecule has 1 aromatic carbocycles. The van der Waals surface area contributed by atoms with Crippen LogP contribution < -0.4 is 4.74 Å². The Hall–Kier alpha value is -1.26. The molecule has 2 N–H and O–H groups in total. The molecule has 0 fully saturated rings. The highest BCUT2D eigenvalue weighted by atomic mass is 35.5. The Morgan fingerprint density at radius 3 is 2.60 bits per heavy atom. The Morgan fingerprint density at radius 2 is 2.13 bits per heavy atom. The molecule has 0 spiro atoms. The third kappa shape index (κ3) is 2.40. The van der Waals surface area contributed by atoms with Crippen LogP contribution in [0.2, 0.25) is 5.02 Å². The van der Waals surface area contributed by atoms with Crippen molar-refractivity contribution in [1.82, 2.24) is 0 Å². The van der Waals surface area contributed by atoms with E-state index in [2.05, 4.69) is 0 Å². The van der Waals surface area contributed by atoms with E-state index < -0.39 is 12.1 Å². The van der Waals surface area contributed by atoms with Gasteiger partial charge in [0.2, 0.25) is 0 Å². The third-order valence-corrected chi connectivity index (χ3v) is 2.36. The van der Waals surface area contributed by atoms with E-state index in [9.17, 15) is 9.90 Å². The van der Waals surface area contributed by atoms with E-state index in [0.717, 1.165) is 5.56 Å². The number of carboxylic acids is 1. The van der Waals surface area contributed by atoms with Gasteiger partial charge in [0.05, 0.1) is 12.1 Å². The molecule has 4 nitrogen and oxygen atoms in total. The Kier molecular flexibility index (Phi) is 3.55. The number of hydrogen-bond acceptors (Lipinski definition) is 3. The second-order valence-electron chi connectivity index (χ2n) is 3.11. The van der Waals surface area contributed by atoms with Crippen LogP contribution in [-0.2, 0) is 4.79 Å². The van der Waals surface area contributed by atoms with Crippen LogP contribution in [0.4, 0.5) is 0 Å². The Balaban J connectivity index is 3.28. The summed E-state index contributed by atoms with van der Waals surface area (Å²) in [6.07, 6.45) is -1.63. The lowest BCUT2D eigenvalue weighted by Crippen LogP contribution is -2.11. The predicted molar refractivity (Wildman–Crippen MR) is 55.3 cm³/mol. The maximum absolute atomic E-state index is 10.6. The summed E-state index contributed by atoms with van der Waals surface area (Å²) in [5.74, 6) is -0.989. The van der Waals surface area contributed by atoms with E-state index in [1.165, 1.54) is 13.2 Å². The minimum Gasteiger partial charge on any atom is -0.495 e. The molecular weight excluding hydrogens is 220 g/mol. The SMILES string of the molecule is COc1cc(C)cc(C(O)C(=O)O)c1Cl. The van der Waals surface area contributed by atoms with Crippen molar-refractivity contribution in [1.29, 1.82) is 0 Å². The molecule has 0 aromatic heterocycles. The first-order valence-corrected chi connectivity index (χ1v) is 4.60. The Labute approximate surface area is 92.1 Å². The first kappa shape index (κ1) is 11.8. The first-order chi connectivity index (χ1) is 6.97. The zero-order valence-corrected chi connectivity index (χ0v) is 9.08. The van der Waals surface area contributed by atoms with E-state index in [1.807, 2.05) is 0 Å². The number of hydrogen-bond donors (Lipinski definition) is 2. The normalized spacial score (nSPS) is 12.3. The van der Waals surface area contributed by atoms with Gasteiger partial charge in [-0.05, 0) is 18.6 Å². The number of rotatable bonds is 3. The topological polar surface area (TPSA) is 66.8 Å². The molecule has 15 heavy (non-hydrogen) atoms. The average Bonchev–Trinajstić information content (AvgIpc) is 2.19. The molecule has 1 atom stereocenters. The summed E-state index contributed by atoms with van der Waals surface area (Å²) in [5, 5.41) is 18.2. The van der Waals surface area contributed by atoms with E-state index in [4.69, 9.17) is 21.4 Å². The molecule has 82 valence electrons. The number of methoxy groups -OCH3 is 1. The molecule has 0 bridgehead atoms. The third-order valence-electron chi connectivity index (χ3n) is 1.96. The molecule has 0 saturated carbocycles. The van der Waals surface area contributed by atoms with Crippen molar-refractivity contribution in [2.45, 2.75) is 13.0 Å². The maximum atomic E-state index is 10.6. The van der Waals surface area contributed by atoms with Gasteiger partial charge >= 0.3 is 5.97 Å². The van der Waals surface area contributed by atoms with Gasteiger partial charge in [-0.15, -0.1) is 0 Å². The van der Waals surface area contributed by atoms with Gasteiger partial charge in [-0.25, -0.2) is 4.79 Å². The summed E-state index contributed by atoms with van der Waals surface area (Å²) in [6, 6.07) is 3.18. The molecule has 1 aromatic rings. The number of aliphatic carboxylic acids is 1. The van der Waals surface area contributed by atoms with Crippen molar-refractivity contribution in [3.05, 3.63) is 28.3 Å². The zero-order chi connectivity index (χ0) is 11.6. The van der Waals surface area contributed by atoms with E-state index in [1.54, 1.807) is 13.0 Å². The molecule has 0 aliphatic heterocycles. The van der Waals surface area contributed by atoms with Crippen molar-refractivity contribution < 1.29 is 19.7 Å². The number of ether oxygens (including phenoxy) is 1. The van der Waals surface area contributed by atoms with Crippen LogP contribution in [0.1, 0.15) is 17.2 Å². The fourth-order valence-electron chi connectivity index (χ4n) is 1.24. The quantitative estimate of drug-likeness (QED) is 0.831. The number of halogens is 1. The summed E-state index contributed by atoms with van der Waals surface area (Å²) in [6.45, 7) is 1.76. The molecule has 0 amide bonds. The van der Waals surface area contributed by atoms with Crippen molar-refractivity contribution in [2.75, 3.05) is 7.11 Å². The molecule has 0 heterocycles. The lowest BCUT2D eigenvalue weighted by atomic mass is 10.1. The van der Waals surface area contributed by atoms with Crippen molar-refractivity contribution in [2.24, 2.45) is 0 Å². The van der Waals surface area contributed by atoms with Gasteiger partial charge in [0, 0.05) is 5.56 Å². The molecule has 0 aliphatic rings. The highest BCUT2D eigenvalue weighted by molar-refractivity contribution is 6.33. The largest absolute Gasteiger partial charge is 0.495 e. The number of carboxylic acid groups (broad SMARTS) is 1. The zero-order valence-electron chi connectivity index (χ0n) is 8.32. The second kappa shape index (κ2) is 4.51. The van der Waals surface area contributed by atoms with Gasteiger partial charge in [0.25, 0.3) is 0 Å². The van der Waals surface area contributed by atoms with Crippen LogP contribution in [0.15, 0.2) is 12.1 Å². The van der Waals surface area contributed by atoms with Gasteiger partial charge in [-0.1, -0.05) is 17.7 Å². The fraction of sp³-hybridized carbons (Fsp3) is 0.300. The Bertz CT molecular complexity index is 389. The van der Waals surface area contributed by atoms with Gasteiger partial charge in [0.1, 0.15) is 5.75 Å². The molecule has 5 heteroatoms. The number of carbonyl (C=O) groups is 1. The molecule has 0 saturated heterocycles. The first-order valence-electron chi connectivity index (χ1n) is 4.22. The Morgan fingerprint density at radius 1 is 1.53 bits per heavy atom. The van der Waals surface area contributed by atoms with E-state index in [-0.39, 0.29) is 10.6 Å². The fourth-order valence-corrected chi connectivity index (χ4v) is 1.53. The monoisotopic (exact) mass is 230 g/mol. The summed E-state index contributed by atoms with van der Waals surface area (Å²) < 4.78 is 4.96. The van der Waals surface area contributed by atoms with Crippen LogP contribution in [0.3, 0.4) is 0 Å². The smallest absolute Gasteiger partial charge is 0.337 e. The summed E-state index contributed by atoms with van der Waals surface area (Å²) in [5.41, 5.74) is 0.910. The van der Waals surface area contributed by atoms with Crippen LogP contribution in [0.5, 0.6) is 5.75 Å². The van der Waals surface area contributed by atoms with Crippen LogP contribution >= 0.6 is 11.6 Å². The minimum atomic E-state index is -1.63. The minimum absolute atomic E-state index is 0.123. The van der Waals surface area contributed by atoms with Gasteiger partial charge in [0.15, 0.2) is 6.10 Å². The van der Waals surface area contributed by atoms with Crippen molar-refractivity contribution in [3.63, 3.8) is 0 Å². The molecule has 0 aliphatic carbocycles. The number of aliphatic hydroxyl groups is 1. The van der Waals surface area contributed by atoms with Crippen molar-refractivity contribution >= 4 is 17.6 Å². The maximum Gasteiger partial charge on any atom is 0.337 e. The predicted octanol–water partition coefficient (Wildman–Crippen LogP) is 1.78. The van der Waals surface area contributed by atoms with Gasteiger partial charge < -0.3 is 14.9 Å². The summed E-state index contributed by atoms with van der Waals surface area (Å²) >= 11 is 5.87. The number of aryl methyl sites for hydroxylation is 1. The van der Waals surface area contributed by atoms with Crippen LogP contribution in [-0.4, -0.2) is 23.3 Å². The van der Waals surface area contributed by atoms with E-state index >= 15 is 0 Å². The second-order valence-corrected chi connectivity index (χ2v) is 3.49. The summed E-state index contributed by atoms with van der Waals surface area (Å²) in [4.78, 5) is 10.6. The highest BCUT2D eigenvalue weighted by Gasteiger charge is 2.21. The van der Waals surface area contributed by atoms with Gasteiger partial charge in [-0.2, -0.15) is 0 Å². The summed E-state index contributed by atoms with van der Waals surface area (Å²) in [7, 11) is 1.43. The van der Waals surface area contributed by atoms with Crippen LogP contribution in [0, 0.1) is 6.92 Å². The molecule has 1 unspecified atom stereocenters. The van der Waals surface area contributed by atoms with Crippen molar-refractivity contribution in [3.8, 4) is 5.75 Å². The highest BCUT2D eigenvalue weighted by Crippen LogP contribution is 2.33. The lowest BCUT2D eigenvalue weighted by molar-refractivity contribution is -0.146. The lowest BCUT2D eigenvalue weighted by Gasteiger charge is -2.12. The average molecular weight is 231 g/mol. The molecule has 1 rings (SSSR count). The van der Waals surface area contributed by atoms with Crippen LogP contribution in [0.25, 0.3) is 0 Å². The van der Waals surface area contributed by atoms with Gasteiger partial charge in [-0.3, -0.25) is 0 Å². The number of aliphatic hydroxyl groups excluding tert-OH is 1. The number of benzene rings is 1.